The van der Waals surface area contributed by atoms with E-state index in [2.05, 4.69) is 20.8 Å². The number of carbonyl (C=O) groups excluding carboxylic acids is 1. The topological polar surface area (TPSA) is 54.4 Å². The van der Waals surface area contributed by atoms with Gasteiger partial charge in [0.05, 0.1) is 5.92 Å². The predicted molar refractivity (Wildman–Crippen MR) is 106 cm³/mol. The molecule has 0 aliphatic heterocycles. The highest BCUT2D eigenvalue weighted by Gasteiger charge is 2.64. The van der Waals surface area contributed by atoms with Gasteiger partial charge in [-0.1, -0.05) is 40.5 Å². The van der Waals surface area contributed by atoms with Crippen molar-refractivity contribution >= 4 is 11.8 Å². The molecule has 4 rings (SSSR count). The van der Waals surface area contributed by atoms with Gasteiger partial charge in [0, 0.05) is 11.8 Å². The Kier molecular flexibility index (Phi) is 4.75. The number of hydrogen-bond donors (Lipinski definition) is 1. The van der Waals surface area contributed by atoms with Gasteiger partial charge in [-0.2, -0.15) is 0 Å². The van der Waals surface area contributed by atoms with E-state index in [4.69, 9.17) is 0 Å². The number of hydrogen-bond acceptors (Lipinski definition) is 2. The Balaban J connectivity index is 1.71. The van der Waals surface area contributed by atoms with Crippen LogP contribution in [0.5, 0.6) is 0 Å². The molecule has 0 heterocycles. The number of rotatable bonds is 3. The molecule has 0 saturated heterocycles. The van der Waals surface area contributed by atoms with Crippen molar-refractivity contribution in [2.75, 3.05) is 0 Å². The first kappa shape index (κ1) is 19.5. The molecule has 0 bridgehead atoms. The molecular formula is C24H38O3. The van der Waals surface area contributed by atoms with E-state index in [-0.39, 0.29) is 29.1 Å². The fourth-order valence-corrected chi connectivity index (χ4v) is 8.75. The quantitative estimate of drug-likeness (QED) is 0.702. The first-order valence-corrected chi connectivity index (χ1v) is 11.5. The number of fused-ring (bicyclic) bond motifs is 5. The molecule has 0 aromatic rings. The van der Waals surface area contributed by atoms with Gasteiger partial charge in [-0.25, -0.2) is 0 Å². The van der Waals surface area contributed by atoms with Gasteiger partial charge in [0.15, 0.2) is 0 Å². The van der Waals surface area contributed by atoms with E-state index in [9.17, 15) is 14.7 Å². The Morgan fingerprint density at radius 2 is 1.74 bits per heavy atom. The van der Waals surface area contributed by atoms with Gasteiger partial charge in [0.1, 0.15) is 5.78 Å². The molecule has 4 unspecified atom stereocenters. The molecule has 0 amide bonds. The SMILES string of the molecule is CC[C@H]1C(=O)[C@H]2[C@@H]3CCC([C@H](C)C(=O)O)C3(C)CC[C@@H]2C2(C)CCCCC12. The van der Waals surface area contributed by atoms with Crippen LogP contribution >= 0.6 is 0 Å². The lowest BCUT2D eigenvalue weighted by Crippen LogP contribution is -2.59. The number of carboxylic acid groups (broad SMARTS) is 1. The number of carboxylic acids is 1. The lowest BCUT2D eigenvalue weighted by Gasteiger charge is -2.61. The van der Waals surface area contributed by atoms with Gasteiger partial charge >= 0.3 is 5.97 Å². The standard InChI is InChI=1S/C24H38O3/c1-5-15-17-8-6-7-12-23(17,3)19-11-13-24(4)16(14(2)22(26)27)9-10-18(24)20(19)21(15)25/h14-20H,5-13H2,1-4H3,(H,26,27)/t14-,15+,16?,17?,18-,19-,20-,23?,24?/m0/s1. The third-order valence-corrected chi connectivity index (χ3v) is 10.1. The summed E-state index contributed by atoms with van der Waals surface area (Å²) in [5.74, 6) is 1.80. The molecule has 0 spiro atoms. The summed E-state index contributed by atoms with van der Waals surface area (Å²) in [5, 5.41) is 9.64. The average Bonchev–Trinajstić information content (AvgIpc) is 2.98. The zero-order valence-corrected chi connectivity index (χ0v) is 17.7. The molecule has 4 fully saturated rings. The van der Waals surface area contributed by atoms with Crippen LogP contribution in [0.4, 0.5) is 0 Å². The van der Waals surface area contributed by atoms with Crippen LogP contribution in [-0.4, -0.2) is 16.9 Å². The van der Waals surface area contributed by atoms with Crippen LogP contribution in [0.15, 0.2) is 0 Å². The third-order valence-electron chi connectivity index (χ3n) is 10.1. The fraction of sp³-hybridized carbons (Fsp3) is 0.917. The molecule has 152 valence electrons. The molecule has 3 heteroatoms. The van der Waals surface area contributed by atoms with Crippen molar-refractivity contribution in [1.82, 2.24) is 0 Å². The van der Waals surface area contributed by atoms with Crippen molar-refractivity contribution in [3.63, 3.8) is 0 Å². The summed E-state index contributed by atoms with van der Waals surface area (Å²) in [6.07, 6.45) is 10.4. The maximum Gasteiger partial charge on any atom is 0.306 e. The summed E-state index contributed by atoms with van der Waals surface area (Å²) < 4.78 is 0. The van der Waals surface area contributed by atoms with Crippen molar-refractivity contribution in [3.05, 3.63) is 0 Å². The van der Waals surface area contributed by atoms with Gasteiger partial charge in [0.25, 0.3) is 0 Å². The lowest BCUT2D eigenvalue weighted by molar-refractivity contribution is -0.169. The van der Waals surface area contributed by atoms with Crippen molar-refractivity contribution in [2.45, 2.75) is 85.5 Å². The van der Waals surface area contributed by atoms with E-state index >= 15 is 0 Å². The second kappa shape index (κ2) is 6.59. The summed E-state index contributed by atoms with van der Waals surface area (Å²) in [6, 6.07) is 0. The van der Waals surface area contributed by atoms with Crippen LogP contribution in [-0.2, 0) is 9.59 Å². The Morgan fingerprint density at radius 1 is 1.04 bits per heavy atom. The molecule has 0 aromatic carbocycles. The molecule has 9 atom stereocenters. The van der Waals surface area contributed by atoms with E-state index in [1.807, 2.05) is 6.92 Å². The summed E-state index contributed by atoms with van der Waals surface area (Å²) in [6.45, 7) is 8.94. The molecule has 4 saturated carbocycles. The highest BCUT2D eigenvalue weighted by molar-refractivity contribution is 5.86. The zero-order valence-electron chi connectivity index (χ0n) is 17.7. The summed E-state index contributed by atoms with van der Waals surface area (Å²) in [4.78, 5) is 25.5. The molecular weight excluding hydrogens is 336 g/mol. The molecule has 27 heavy (non-hydrogen) atoms. The Bertz CT molecular complexity index is 627. The maximum absolute atomic E-state index is 13.8. The van der Waals surface area contributed by atoms with Crippen LogP contribution < -0.4 is 0 Å². The minimum absolute atomic E-state index is 0.0325. The van der Waals surface area contributed by atoms with E-state index in [0.717, 1.165) is 32.1 Å². The smallest absolute Gasteiger partial charge is 0.306 e. The normalized spacial score (nSPS) is 50.4. The molecule has 1 N–H and O–H groups in total. The molecule has 4 aliphatic carbocycles. The molecule has 4 aliphatic rings. The zero-order chi connectivity index (χ0) is 19.6. The van der Waals surface area contributed by atoms with Crippen molar-refractivity contribution in [3.8, 4) is 0 Å². The number of carbonyl (C=O) groups is 2. The van der Waals surface area contributed by atoms with Crippen LogP contribution in [0, 0.1) is 52.3 Å². The van der Waals surface area contributed by atoms with Gasteiger partial charge in [-0.3, -0.25) is 9.59 Å². The van der Waals surface area contributed by atoms with Crippen LogP contribution in [0.1, 0.15) is 85.5 Å². The van der Waals surface area contributed by atoms with Crippen molar-refractivity contribution in [2.24, 2.45) is 52.3 Å². The van der Waals surface area contributed by atoms with E-state index in [1.165, 1.54) is 25.7 Å². The minimum Gasteiger partial charge on any atom is -0.481 e. The van der Waals surface area contributed by atoms with Gasteiger partial charge in [-0.05, 0) is 79.4 Å². The number of Topliss-reactive ketones (excluding diaryl/α,β-unsaturated/α-hetero) is 1. The maximum atomic E-state index is 13.8. The predicted octanol–water partition coefficient (Wildman–Crippen LogP) is 5.57. The third kappa shape index (κ3) is 2.59. The fourth-order valence-electron chi connectivity index (χ4n) is 8.75. The minimum atomic E-state index is -0.662. The molecule has 0 aromatic heterocycles. The second-order valence-corrected chi connectivity index (χ2v) is 10.9. The summed E-state index contributed by atoms with van der Waals surface area (Å²) in [5.41, 5.74) is 0.361. The van der Waals surface area contributed by atoms with Crippen molar-refractivity contribution < 1.29 is 14.7 Å². The lowest BCUT2D eigenvalue weighted by atomic mass is 9.42. The summed E-state index contributed by atoms with van der Waals surface area (Å²) in [7, 11) is 0. The Morgan fingerprint density at radius 3 is 2.41 bits per heavy atom. The first-order chi connectivity index (χ1) is 12.8. The first-order valence-electron chi connectivity index (χ1n) is 11.5. The van der Waals surface area contributed by atoms with Crippen molar-refractivity contribution in [1.29, 1.82) is 0 Å². The number of aliphatic carboxylic acids is 1. The molecule has 3 nitrogen and oxygen atoms in total. The molecule has 0 radical (unpaired) electrons. The highest BCUT2D eigenvalue weighted by atomic mass is 16.4. The van der Waals surface area contributed by atoms with E-state index in [0.29, 0.717) is 29.0 Å². The van der Waals surface area contributed by atoms with Crippen LogP contribution in [0.3, 0.4) is 0 Å². The van der Waals surface area contributed by atoms with Gasteiger partial charge < -0.3 is 5.11 Å². The highest BCUT2D eigenvalue weighted by Crippen LogP contribution is 2.68. The largest absolute Gasteiger partial charge is 0.481 e. The number of ketones is 1. The van der Waals surface area contributed by atoms with E-state index in [1.54, 1.807) is 0 Å². The second-order valence-electron chi connectivity index (χ2n) is 10.9. The monoisotopic (exact) mass is 374 g/mol. The van der Waals surface area contributed by atoms with Crippen LogP contribution in [0.25, 0.3) is 0 Å². The Labute approximate surface area is 164 Å². The van der Waals surface area contributed by atoms with Crippen LogP contribution in [0.2, 0.25) is 0 Å². The average molecular weight is 375 g/mol. The van der Waals surface area contributed by atoms with Gasteiger partial charge in [-0.15, -0.1) is 0 Å². The summed E-state index contributed by atoms with van der Waals surface area (Å²) >= 11 is 0. The van der Waals surface area contributed by atoms with Gasteiger partial charge in [0.2, 0.25) is 0 Å². The Hall–Kier alpha value is -0.860. The van der Waals surface area contributed by atoms with E-state index < -0.39 is 5.97 Å².